The quantitative estimate of drug-likeness (QED) is 0.825. The number of ether oxygens (including phenoxy) is 2. The second kappa shape index (κ2) is 7.21. The zero-order valence-electron chi connectivity index (χ0n) is 14.2. The average molecular weight is 343 g/mol. The number of hydrogen-bond donors (Lipinski definition) is 0. The smallest absolute Gasteiger partial charge is 0.242 e. The van der Waals surface area contributed by atoms with E-state index in [2.05, 4.69) is 0 Å². The molecule has 0 N–H and O–H groups in total. The van der Waals surface area contributed by atoms with E-state index < -0.39 is 5.79 Å². The lowest BCUT2D eigenvalue weighted by Crippen LogP contribution is -2.50. The van der Waals surface area contributed by atoms with E-state index in [4.69, 9.17) is 14.7 Å². The normalized spacial score (nSPS) is 18.8. The van der Waals surface area contributed by atoms with Crippen molar-refractivity contribution < 1.29 is 19.1 Å². The Labute approximate surface area is 146 Å². The molecule has 3 rings (SSSR count). The fourth-order valence-electron chi connectivity index (χ4n) is 3.25. The third-order valence-corrected chi connectivity index (χ3v) is 4.65. The summed E-state index contributed by atoms with van der Waals surface area (Å²) in [6.45, 7) is 3.66. The van der Waals surface area contributed by atoms with Crippen molar-refractivity contribution in [2.24, 2.45) is 0 Å². The van der Waals surface area contributed by atoms with Gasteiger partial charge in [0.15, 0.2) is 5.79 Å². The summed E-state index contributed by atoms with van der Waals surface area (Å²) in [5.74, 6) is -0.886. The molecule has 0 saturated carbocycles. The number of anilines is 1. The second-order valence-electron chi connectivity index (χ2n) is 6.26. The van der Waals surface area contributed by atoms with Gasteiger partial charge in [-0.2, -0.15) is 5.26 Å². The van der Waals surface area contributed by atoms with Gasteiger partial charge in [0, 0.05) is 38.5 Å². The predicted octanol–water partition coefficient (Wildman–Crippen LogP) is 1.28. The van der Waals surface area contributed by atoms with Crippen molar-refractivity contribution in [3.05, 3.63) is 29.8 Å². The number of carbonyl (C=O) groups excluding carboxylic acids is 2. The lowest BCUT2D eigenvalue weighted by atomic mass is 10.0. The van der Waals surface area contributed by atoms with Crippen LogP contribution >= 0.6 is 0 Å². The minimum Gasteiger partial charge on any atom is -0.347 e. The Bertz CT molecular complexity index is 697. The summed E-state index contributed by atoms with van der Waals surface area (Å²) in [6.07, 6.45) is 1.28. The number of carbonyl (C=O) groups is 2. The molecule has 0 aromatic heterocycles. The van der Waals surface area contributed by atoms with E-state index in [0.29, 0.717) is 50.4 Å². The van der Waals surface area contributed by atoms with Gasteiger partial charge in [0.25, 0.3) is 0 Å². The van der Waals surface area contributed by atoms with Crippen LogP contribution in [0.5, 0.6) is 0 Å². The van der Waals surface area contributed by atoms with E-state index in [1.165, 1.54) is 11.8 Å². The van der Waals surface area contributed by atoms with Crippen LogP contribution in [0, 0.1) is 11.3 Å². The number of nitrogens with zero attached hydrogens (tertiary/aromatic N) is 3. The van der Waals surface area contributed by atoms with Crippen LogP contribution in [0.4, 0.5) is 5.69 Å². The number of benzene rings is 1. The number of likely N-dealkylation sites (tertiary alicyclic amines) is 1. The third-order valence-electron chi connectivity index (χ3n) is 4.65. The van der Waals surface area contributed by atoms with Crippen LogP contribution in [0.25, 0.3) is 0 Å². The third kappa shape index (κ3) is 3.81. The first-order chi connectivity index (χ1) is 12.0. The molecule has 1 aromatic carbocycles. The average Bonchev–Trinajstić information content (AvgIpc) is 3.08. The Morgan fingerprint density at radius 2 is 1.96 bits per heavy atom. The molecule has 132 valence electrons. The summed E-state index contributed by atoms with van der Waals surface area (Å²) in [5.41, 5.74) is 1.00. The lowest BCUT2D eigenvalue weighted by Gasteiger charge is -2.38. The van der Waals surface area contributed by atoms with Crippen molar-refractivity contribution in [3.63, 3.8) is 0 Å². The van der Waals surface area contributed by atoms with Crippen LogP contribution in [0.3, 0.4) is 0 Å². The molecule has 1 aromatic rings. The first-order valence-electron chi connectivity index (χ1n) is 8.37. The maximum absolute atomic E-state index is 12.6. The number of amides is 2. The minimum absolute atomic E-state index is 0.0427. The molecule has 0 bridgehead atoms. The zero-order chi connectivity index (χ0) is 17.9. The Kier molecular flexibility index (Phi) is 5.02. The van der Waals surface area contributed by atoms with Crippen LogP contribution < -0.4 is 4.90 Å². The van der Waals surface area contributed by atoms with Crippen molar-refractivity contribution in [2.45, 2.75) is 25.6 Å². The lowest BCUT2D eigenvalue weighted by molar-refractivity contribution is -0.187. The summed E-state index contributed by atoms with van der Waals surface area (Å²) in [7, 11) is 0. The van der Waals surface area contributed by atoms with Crippen molar-refractivity contribution in [1.29, 1.82) is 5.26 Å². The molecular weight excluding hydrogens is 322 g/mol. The summed E-state index contributed by atoms with van der Waals surface area (Å²) < 4.78 is 11.3. The van der Waals surface area contributed by atoms with Gasteiger partial charge in [-0.3, -0.25) is 9.59 Å². The Morgan fingerprint density at radius 3 is 2.56 bits per heavy atom. The van der Waals surface area contributed by atoms with E-state index in [1.54, 1.807) is 29.2 Å². The van der Waals surface area contributed by atoms with Gasteiger partial charge in [0.2, 0.25) is 11.8 Å². The van der Waals surface area contributed by atoms with Crippen molar-refractivity contribution in [2.75, 3.05) is 37.7 Å². The zero-order valence-corrected chi connectivity index (χ0v) is 14.2. The maximum Gasteiger partial charge on any atom is 0.242 e. The van der Waals surface area contributed by atoms with Crippen LogP contribution in [-0.2, 0) is 19.1 Å². The largest absolute Gasteiger partial charge is 0.347 e. The molecule has 2 saturated heterocycles. The highest BCUT2D eigenvalue weighted by Crippen LogP contribution is 2.31. The standard InChI is InChI=1S/C18H21N3O4/c1-14(22)21(16-4-2-3-15(11-16)12-19)13-17(23)20-7-5-18(6-8-20)24-9-10-25-18/h2-4,11H,5-10,13H2,1H3. The van der Waals surface area contributed by atoms with Gasteiger partial charge in [-0.15, -0.1) is 0 Å². The van der Waals surface area contributed by atoms with Crippen LogP contribution in [-0.4, -0.2) is 55.3 Å². The summed E-state index contributed by atoms with van der Waals surface area (Å²) in [5, 5.41) is 9.02. The van der Waals surface area contributed by atoms with Gasteiger partial charge >= 0.3 is 0 Å². The van der Waals surface area contributed by atoms with E-state index >= 15 is 0 Å². The van der Waals surface area contributed by atoms with Gasteiger partial charge < -0.3 is 19.3 Å². The first kappa shape index (κ1) is 17.4. The Balaban J connectivity index is 1.65. The predicted molar refractivity (Wildman–Crippen MR) is 89.6 cm³/mol. The van der Waals surface area contributed by atoms with Gasteiger partial charge in [0.05, 0.1) is 24.8 Å². The van der Waals surface area contributed by atoms with Gasteiger partial charge in [0.1, 0.15) is 6.54 Å². The number of rotatable bonds is 3. The molecule has 2 fully saturated rings. The highest BCUT2D eigenvalue weighted by molar-refractivity contribution is 5.97. The Morgan fingerprint density at radius 1 is 1.28 bits per heavy atom. The van der Waals surface area contributed by atoms with E-state index in [0.717, 1.165) is 0 Å². The van der Waals surface area contributed by atoms with Gasteiger partial charge in [-0.1, -0.05) is 6.07 Å². The molecule has 1 spiro atoms. The maximum atomic E-state index is 12.6. The molecule has 0 aliphatic carbocycles. The number of piperidine rings is 1. The topological polar surface area (TPSA) is 82.9 Å². The Hall–Kier alpha value is -2.43. The molecule has 0 unspecified atom stereocenters. The molecule has 2 aliphatic heterocycles. The summed E-state index contributed by atoms with van der Waals surface area (Å²) in [6, 6.07) is 8.74. The molecule has 0 atom stereocenters. The number of hydrogen-bond acceptors (Lipinski definition) is 5. The fourth-order valence-corrected chi connectivity index (χ4v) is 3.25. The second-order valence-corrected chi connectivity index (χ2v) is 6.26. The summed E-state index contributed by atoms with van der Waals surface area (Å²) >= 11 is 0. The van der Waals surface area contributed by atoms with E-state index in [9.17, 15) is 9.59 Å². The van der Waals surface area contributed by atoms with Crippen LogP contribution in [0.15, 0.2) is 24.3 Å². The molecule has 2 amide bonds. The summed E-state index contributed by atoms with van der Waals surface area (Å²) in [4.78, 5) is 27.8. The van der Waals surface area contributed by atoms with Crippen molar-refractivity contribution in [3.8, 4) is 6.07 Å². The van der Waals surface area contributed by atoms with Crippen molar-refractivity contribution in [1.82, 2.24) is 4.90 Å². The van der Waals surface area contributed by atoms with Crippen LogP contribution in [0.1, 0.15) is 25.3 Å². The minimum atomic E-state index is -0.530. The SMILES string of the molecule is CC(=O)N(CC(=O)N1CCC2(CC1)OCCO2)c1cccc(C#N)c1. The molecule has 7 heteroatoms. The molecule has 2 heterocycles. The van der Waals surface area contributed by atoms with E-state index in [1.807, 2.05) is 6.07 Å². The van der Waals surface area contributed by atoms with Crippen molar-refractivity contribution >= 4 is 17.5 Å². The molecule has 25 heavy (non-hydrogen) atoms. The number of nitriles is 1. The highest BCUT2D eigenvalue weighted by Gasteiger charge is 2.40. The molecule has 0 radical (unpaired) electrons. The monoisotopic (exact) mass is 343 g/mol. The molecule has 7 nitrogen and oxygen atoms in total. The van der Waals surface area contributed by atoms with Crippen LogP contribution in [0.2, 0.25) is 0 Å². The van der Waals surface area contributed by atoms with Gasteiger partial charge in [-0.05, 0) is 18.2 Å². The first-order valence-corrected chi connectivity index (χ1v) is 8.37. The van der Waals surface area contributed by atoms with Gasteiger partial charge in [-0.25, -0.2) is 0 Å². The fraction of sp³-hybridized carbons (Fsp3) is 0.500. The molecular formula is C18H21N3O4. The molecule has 2 aliphatic rings. The highest BCUT2D eigenvalue weighted by atomic mass is 16.7. The van der Waals surface area contributed by atoms with E-state index in [-0.39, 0.29) is 18.4 Å².